The molecule has 1 saturated carbocycles. The van der Waals surface area contributed by atoms with Gasteiger partial charge in [0.15, 0.2) is 0 Å². The molecular weight excluding hydrogens is 276 g/mol. The fraction of sp³-hybridized carbons (Fsp3) is 0.933. The summed E-state index contributed by atoms with van der Waals surface area (Å²) in [6, 6.07) is 0. The van der Waals surface area contributed by atoms with E-state index >= 15 is 0 Å². The van der Waals surface area contributed by atoms with Crippen LogP contribution in [0.1, 0.15) is 58.8 Å². The monoisotopic (exact) mass is 302 g/mol. The SMILES string of the molecule is CC(C)C(C(=O)O)S(=O)C1CCOC2(CCCCC2)C1. The maximum atomic E-state index is 12.7. The maximum Gasteiger partial charge on any atom is 0.319 e. The summed E-state index contributed by atoms with van der Waals surface area (Å²) in [5, 5.41) is 8.55. The van der Waals surface area contributed by atoms with Crippen LogP contribution in [0, 0.1) is 5.92 Å². The zero-order chi connectivity index (χ0) is 14.8. The minimum atomic E-state index is -1.31. The van der Waals surface area contributed by atoms with Crippen LogP contribution in [0.4, 0.5) is 0 Å². The van der Waals surface area contributed by atoms with Crippen molar-refractivity contribution in [2.45, 2.75) is 74.9 Å². The number of carboxylic acids is 1. The summed E-state index contributed by atoms with van der Waals surface area (Å²) in [6.07, 6.45) is 7.18. The Morgan fingerprint density at radius 3 is 2.50 bits per heavy atom. The van der Waals surface area contributed by atoms with Crippen molar-refractivity contribution in [2.75, 3.05) is 6.61 Å². The van der Waals surface area contributed by atoms with Gasteiger partial charge in [-0.15, -0.1) is 0 Å². The summed E-state index contributed by atoms with van der Waals surface area (Å²) < 4.78 is 18.7. The van der Waals surface area contributed by atoms with Crippen LogP contribution in [0.2, 0.25) is 0 Å². The van der Waals surface area contributed by atoms with Crippen molar-refractivity contribution in [3.05, 3.63) is 0 Å². The molecule has 2 fully saturated rings. The van der Waals surface area contributed by atoms with Crippen LogP contribution in [0.5, 0.6) is 0 Å². The summed E-state index contributed by atoms with van der Waals surface area (Å²) in [5.41, 5.74) is -0.114. The van der Waals surface area contributed by atoms with Gasteiger partial charge in [-0.3, -0.25) is 9.00 Å². The first kappa shape index (κ1) is 16.0. The Balaban J connectivity index is 2.07. The van der Waals surface area contributed by atoms with Crippen molar-refractivity contribution in [3.8, 4) is 0 Å². The van der Waals surface area contributed by atoms with Gasteiger partial charge in [0, 0.05) is 22.7 Å². The number of carboxylic acid groups (broad SMARTS) is 1. The van der Waals surface area contributed by atoms with E-state index in [4.69, 9.17) is 4.74 Å². The van der Waals surface area contributed by atoms with Crippen molar-refractivity contribution >= 4 is 16.8 Å². The zero-order valence-electron chi connectivity index (χ0n) is 12.5. The van der Waals surface area contributed by atoms with Gasteiger partial charge in [-0.2, -0.15) is 0 Å². The first-order valence-corrected chi connectivity index (χ1v) is 8.99. The molecule has 1 aliphatic carbocycles. The predicted molar refractivity (Wildman–Crippen MR) is 79.2 cm³/mol. The highest BCUT2D eigenvalue weighted by Crippen LogP contribution is 2.40. The summed E-state index contributed by atoms with van der Waals surface area (Å²) in [5.74, 6) is -1.03. The molecule has 0 amide bonds. The quantitative estimate of drug-likeness (QED) is 0.867. The molecular formula is C15H26O4S. The van der Waals surface area contributed by atoms with Gasteiger partial charge in [-0.05, 0) is 31.6 Å². The molecule has 0 aromatic rings. The molecule has 4 nitrogen and oxygen atoms in total. The summed E-state index contributed by atoms with van der Waals surface area (Å²) in [6.45, 7) is 4.31. The molecule has 1 heterocycles. The van der Waals surface area contributed by atoms with Crippen LogP contribution in [0.15, 0.2) is 0 Å². The van der Waals surface area contributed by atoms with E-state index in [1.54, 1.807) is 0 Å². The Bertz CT molecular complexity index is 369. The van der Waals surface area contributed by atoms with Crippen LogP contribution in [0.3, 0.4) is 0 Å². The van der Waals surface area contributed by atoms with Gasteiger partial charge in [-0.1, -0.05) is 33.1 Å². The average molecular weight is 302 g/mol. The van der Waals surface area contributed by atoms with Gasteiger partial charge in [0.05, 0.1) is 5.60 Å². The lowest BCUT2D eigenvalue weighted by molar-refractivity contribution is -0.137. The second-order valence-electron chi connectivity index (χ2n) is 6.54. The molecule has 3 unspecified atom stereocenters. The molecule has 0 bridgehead atoms. The average Bonchev–Trinajstić information content (AvgIpc) is 2.38. The Kier molecular flexibility index (Phi) is 5.24. The number of aliphatic carboxylic acids is 1. The van der Waals surface area contributed by atoms with Crippen LogP contribution in [0.25, 0.3) is 0 Å². The molecule has 2 rings (SSSR count). The number of hydrogen-bond acceptors (Lipinski definition) is 3. The van der Waals surface area contributed by atoms with Crippen molar-refractivity contribution in [2.24, 2.45) is 5.92 Å². The topological polar surface area (TPSA) is 63.6 Å². The van der Waals surface area contributed by atoms with Crippen LogP contribution in [-0.2, 0) is 20.3 Å². The highest BCUT2D eigenvalue weighted by molar-refractivity contribution is 7.87. The lowest BCUT2D eigenvalue weighted by Gasteiger charge is -2.43. The standard InChI is InChI=1S/C15H26O4S/c1-11(2)13(14(16)17)20(18)12-6-9-19-15(10-12)7-4-3-5-8-15/h11-13H,3-10H2,1-2H3,(H,16,17). The van der Waals surface area contributed by atoms with Gasteiger partial charge in [0.25, 0.3) is 0 Å². The molecule has 0 aromatic carbocycles. The summed E-state index contributed by atoms with van der Waals surface area (Å²) in [7, 11) is -1.31. The molecule has 1 aliphatic heterocycles. The molecule has 3 atom stereocenters. The maximum absolute atomic E-state index is 12.7. The van der Waals surface area contributed by atoms with Gasteiger partial charge in [0.1, 0.15) is 5.25 Å². The Labute approximate surface area is 123 Å². The molecule has 2 aliphatic rings. The third-order valence-corrected chi connectivity index (χ3v) is 6.95. The Hall–Kier alpha value is -0.420. The van der Waals surface area contributed by atoms with E-state index < -0.39 is 22.0 Å². The van der Waals surface area contributed by atoms with E-state index in [1.807, 2.05) is 13.8 Å². The minimum Gasteiger partial charge on any atom is -0.480 e. The molecule has 1 N–H and O–H groups in total. The first-order valence-electron chi connectivity index (χ1n) is 7.71. The summed E-state index contributed by atoms with van der Waals surface area (Å²) >= 11 is 0. The van der Waals surface area contributed by atoms with E-state index in [2.05, 4.69) is 0 Å². The third kappa shape index (κ3) is 3.42. The molecule has 0 aromatic heterocycles. The molecule has 116 valence electrons. The second kappa shape index (κ2) is 6.56. The van der Waals surface area contributed by atoms with E-state index in [9.17, 15) is 14.1 Å². The highest BCUT2D eigenvalue weighted by Gasteiger charge is 2.43. The van der Waals surface area contributed by atoms with Gasteiger partial charge in [0.2, 0.25) is 0 Å². The molecule has 1 spiro atoms. The number of rotatable bonds is 4. The third-order valence-electron chi connectivity index (χ3n) is 4.64. The molecule has 0 radical (unpaired) electrons. The molecule has 5 heteroatoms. The number of hydrogen-bond donors (Lipinski definition) is 1. The van der Waals surface area contributed by atoms with Crippen molar-refractivity contribution in [1.29, 1.82) is 0 Å². The smallest absolute Gasteiger partial charge is 0.319 e. The second-order valence-corrected chi connectivity index (χ2v) is 8.37. The normalized spacial score (nSPS) is 29.2. The first-order chi connectivity index (χ1) is 9.45. The van der Waals surface area contributed by atoms with E-state index in [1.165, 1.54) is 19.3 Å². The van der Waals surface area contributed by atoms with Crippen LogP contribution < -0.4 is 0 Å². The van der Waals surface area contributed by atoms with E-state index in [0.717, 1.165) is 25.7 Å². The Morgan fingerprint density at radius 1 is 1.30 bits per heavy atom. The van der Waals surface area contributed by atoms with Gasteiger partial charge < -0.3 is 9.84 Å². The van der Waals surface area contributed by atoms with Gasteiger partial charge >= 0.3 is 5.97 Å². The molecule has 20 heavy (non-hydrogen) atoms. The largest absolute Gasteiger partial charge is 0.480 e. The van der Waals surface area contributed by atoms with Crippen molar-refractivity contribution in [3.63, 3.8) is 0 Å². The highest BCUT2D eigenvalue weighted by atomic mass is 32.2. The number of ether oxygens (including phenoxy) is 1. The lowest BCUT2D eigenvalue weighted by atomic mass is 9.80. The summed E-state index contributed by atoms with van der Waals surface area (Å²) in [4.78, 5) is 11.4. The fourth-order valence-corrected chi connectivity index (χ4v) is 5.53. The zero-order valence-corrected chi connectivity index (χ0v) is 13.3. The van der Waals surface area contributed by atoms with Crippen molar-refractivity contribution < 1.29 is 18.8 Å². The van der Waals surface area contributed by atoms with E-state index in [-0.39, 0.29) is 16.8 Å². The number of carbonyl (C=O) groups is 1. The fourth-order valence-electron chi connectivity index (χ4n) is 3.59. The Morgan fingerprint density at radius 2 is 1.95 bits per heavy atom. The van der Waals surface area contributed by atoms with Crippen molar-refractivity contribution in [1.82, 2.24) is 0 Å². The molecule has 1 saturated heterocycles. The minimum absolute atomic E-state index is 0.0228. The van der Waals surface area contributed by atoms with Crippen LogP contribution in [-0.4, -0.2) is 38.0 Å². The lowest BCUT2D eigenvalue weighted by Crippen LogP contribution is -2.47. The predicted octanol–water partition coefficient (Wildman–Crippen LogP) is 2.73. The van der Waals surface area contributed by atoms with Crippen LogP contribution >= 0.6 is 0 Å². The van der Waals surface area contributed by atoms with E-state index in [0.29, 0.717) is 6.61 Å². The van der Waals surface area contributed by atoms with Gasteiger partial charge in [-0.25, -0.2) is 0 Å².